The number of halogens is 1. The van der Waals surface area contributed by atoms with Crippen LogP contribution in [0.1, 0.15) is 15.9 Å². The van der Waals surface area contributed by atoms with Gasteiger partial charge in [0, 0.05) is 11.1 Å². The van der Waals surface area contributed by atoms with Crippen LogP contribution in [-0.4, -0.2) is 16.0 Å². The average Bonchev–Trinajstić information content (AvgIpc) is 2.32. The summed E-state index contributed by atoms with van der Waals surface area (Å²) in [7, 11) is 0. The quantitative estimate of drug-likeness (QED) is 0.838. The number of aromatic hydroxyl groups is 1. The summed E-state index contributed by atoms with van der Waals surface area (Å²) in [6.45, 7) is 1.69. The van der Waals surface area contributed by atoms with Crippen molar-refractivity contribution in [2.24, 2.45) is 0 Å². The first kappa shape index (κ1) is 12.6. The van der Waals surface area contributed by atoms with Crippen LogP contribution in [0.15, 0.2) is 41.0 Å². The van der Waals surface area contributed by atoms with Crippen molar-refractivity contribution in [3.8, 4) is 5.75 Å². The Balaban J connectivity index is 2.25. The second-order valence-corrected chi connectivity index (χ2v) is 4.56. The predicted octanol–water partition coefficient (Wildman–Crippen LogP) is 3.11. The number of rotatable bonds is 2. The first-order valence-corrected chi connectivity index (χ1v) is 6.09. The maximum atomic E-state index is 12.0. The maximum Gasteiger partial charge on any atom is 0.257 e. The number of hydrogen-bond donors (Lipinski definition) is 2. The fourth-order valence-corrected chi connectivity index (χ4v) is 1.87. The molecule has 92 valence electrons. The summed E-state index contributed by atoms with van der Waals surface area (Å²) in [5, 5.41) is 12.2. The Morgan fingerprint density at radius 3 is 2.72 bits per heavy atom. The predicted molar refractivity (Wildman–Crippen MR) is 72.7 cm³/mol. The average molecular weight is 307 g/mol. The highest BCUT2D eigenvalue weighted by molar-refractivity contribution is 9.10. The Bertz CT molecular complexity index is 599. The third kappa shape index (κ3) is 2.68. The van der Waals surface area contributed by atoms with Gasteiger partial charge in [-0.05, 0) is 47.1 Å². The Kier molecular flexibility index (Phi) is 3.62. The number of nitrogens with zero attached hydrogens (tertiary/aromatic N) is 1. The van der Waals surface area contributed by atoms with Gasteiger partial charge < -0.3 is 10.4 Å². The van der Waals surface area contributed by atoms with Gasteiger partial charge in [-0.2, -0.15) is 0 Å². The lowest BCUT2D eigenvalue weighted by Gasteiger charge is -2.08. The van der Waals surface area contributed by atoms with Gasteiger partial charge in [-0.3, -0.25) is 4.79 Å². The summed E-state index contributed by atoms with van der Waals surface area (Å²) in [5.41, 5.74) is 0.974. The summed E-state index contributed by atoms with van der Waals surface area (Å²) < 4.78 is 0.646. The normalized spacial score (nSPS) is 10.1. The van der Waals surface area contributed by atoms with E-state index in [9.17, 15) is 9.90 Å². The second kappa shape index (κ2) is 5.18. The number of phenols is 1. The van der Waals surface area contributed by atoms with Gasteiger partial charge in [0.1, 0.15) is 16.2 Å². The van der Waals surface area contributed by atoms with Gasteiger partial charge in [0.2, 0.25) is 0 Å². The van der Waals surface area contributed by atoms with Gasteiger partial charge in [0.25, 0.3) is 5.91 Å². The van der Waals surface area contributed by atoms with E-state index in [2.05, 4.69) is 26.2 Å². The molecule has 1 aromatic carbocycles. The standard InChI is InChI=1S/C13H11BrN2O2/c1-8-9(4-2-5-10(8)17)13(18)16-12-7-3-6-11(14)15-12/h2-7,17H,1H3,(H,15,16,18). The van der Waals surface area contributed by atoms with Gasteiger partial charge in [0.05, 0.1) is 0 Å². The smallest absolute Gasteiger partial charge is 0.257 e. The number of pyridine rings is 1. The molecule has 0 fully saturated rings. The molecule has 2 aromatic rings. The number of nitrogens with one attached hydrogen (secondary N) is 1. The van der Waals surface area contributed by atoms with Crippen LogP contribution in [0.25, 0.3) is 0 Å². The number of carbonyl (C=O) groups excluding carboxylic acids is 1. The minimum absolute atomic E-state index is 0.102. The SMILES string of the molecule is Cc1c(O)cccc1C(=O)Nc1cccc(Br)n1. The van der Waals surface area contributed by atoms with Gasteiger partial charge in [-0.25, -0.2) is 4.98 Å². The molecule has 0 radical (unpaired) electrons. The van der Waals surface area contributed by atoms with E-state index in [1.807, 2.05) is 0 Å². The molecule has 0 saturated heterocycles. The molecule has 0 aliphatic heterocycles. The highest BCUT2D eigenvalue weighted by atomic mass is 79.9. The first-order chi connectivity index (χ1) is 8.58. The van der Waals surface area contributed by atoms with Crippen molar-refractivity contribution in [3.05, 3.63) is 52.1 Å². The molecule has 0 saturated carbocycles. The first-order valence-electron chi connectivity index (χ1n) is 5.30. The van der Waals surface area contributed by atoms with E-state index in [4.69, 9.17) is 0 Å². The lowest BCUT2D eigenvalue weighted by molar-refractivity contribution is 0.102. The summed E-state index contributed by atoms with van der Waals surface area (Å²) in [4.78, 5) is 16.1. The van der Waals surface area contributed by atoms with Crippen LogP contribution in [-0.2, 0) is 0 Å². The van der Waals surface area contributed by atoms with Crippen LogP contribution >= 0.6 is 15.9 Å². The molecule has 0 atom stereocenters. The molecule has 4 nitrogen and oxygen atoms in total. The van der Waals surface area contributed by atoms with E-state index in [1.165, 1.54) is 0 Å². The summed E-state index contributed by atoms with van der Waals surface area (Å²) in [6, 6.07) is 10.1. The van der Waals surface area contributed by atoms with Gasteiger partial charge in [-0.1, -0.05) is 12.1 Å². The number of amides is 1. The van der Waals surface area contributed by atoms with Crippen LogP contribution in [0.5, 0.6) is 5.75 Å². The molecular formula is C13H11BrN2O2. The minimum Gasteiger partial charge on any atom is -0.508 e. The largest absolute Gasteiger partial charge is 0.508 e. The summed E-state index contributed by atoms with van der Waals surface area (Å²) in [6.07, 6.45) is 0. The fraction of sp³-hybridized carbons (Fsp3) is 0.0769. The molecule has 2 N–H and O–H groups in total. The molecule has 18 heavy (non-hydrogen) atoms. The molecule has 5 heteroatoms. The molecule has 1 amide bonds. The second-order valence-electron chi connectivity index (χ2n) is 3.75. The van der Waals surface area contributed by atoms with Crippen molar-refractivity contribution in [3.63, 3.8) is 0 Å². The number of carbonyl (C=O) groups is 1. The molecule has 0 aliphatic rings. The molecule has 2 rings (SSSR count). The summed E-state index contributed by atoms with van der Waals surface area (Å²) in [5.74, 6) is 0.260. The van der Waals surface area contributed by atoms with Crippen molar-refractivity contribution in [1.82, 2.24) is 4.98 Å². The molecule has 0 aliphatic carbocycles. The number of hydrogen-bond acceptors (Lipinski definition) is 3. The van der Waals surface area contributed by atoms with Crippen molar-refractivity contribution in [2.45, 2.75) is 6.92 Å². The van der Waals surface area contributed by atoms with Gasteiger partial charge in [-0.15, -0.1) is 0 Å². The van der Waals surface area contributed by atoms with Crippen LogP contribution in [0.2, 0.25) is 0 Å². The number of aromatic nitrogens is 1. The lowest BCUT2D eigenvalue weighted by atomic mass is 10.1. The van der Waals surface area contributed by atoms with Crippen molar-refractivity contribution in [2.75, 3.05) is 5.32 Å². The van der Waals surface area contributed by atoms with E-state index in [1.54, 1.807) is 43.3 Å². The molecule has 0 unspecified atom stereocenters. The summed E-state index contributed by atoms with van der Waals surface area (Å²) >= 11 is 3.23. The third-order valence-corrected chi connectivity index (χ3v) is 2.95. The van der Waals surface area contributed by atoms with Crippen LogP contribution in [0, 0.1) is 6.92 Å². The van der Waals surface area contributed by atoms with E-state index in [0.717, 1.165) is 0 Å². The van der Waals surface area contributed by atoms with E-state index in [0.29, 0.717) is 21.5 Å². The third-order valence-electron chi connectivity index (χ3n) is 2.51. The maximum absolute atomic E-state index is 12.0. The highest BCUT2D eigenvalue weighted by Gasteiger charge is 2.11. The highest BCUT2D eigenvalue weighted by Crippen LogP contribution is 2.20. The van der Waals surface area contributed by atoms with Crippen molar-refractivity contribution in [1.29, 1.82) is 0 Å². The fourth-order valence-electron chi connectivity index (χ4n) is 1.53. The monoisotopic (exact) mass is 306 g/mol. The Hall–Kier alpha value is -1.88. The zero-order chi connectivity index (χ0) is 13.1. The Morgan fingerprint density at radius 1 is 1.28 bits per heavy atom. The Labute approximate surface area is 113 Å². The zero-order valence-corrected chi connectivity index (χ0v) is 11.2. The topological polar surface area (TPSA) is 62.2 Å². The molecule has 1 aromatic heterocycles. The molecular weight excluding hydrogens is 296 g/mol. The van der Waals surface area contributed by atoms with Crippen LogP contribution < -0.4 is 5.32 Å². The van der Waals surface area contributed by atoms with Crippen molar-refractivity contribution >= 4 is 27.7 Å². The minimum atomic E-state index is -0.297. The number of phenolic OH excluding ortho intramolecular Hbond substituents is 1. The van der Waals surface area contributed by atoms with Gasteiger partial charge in [0.15, 0.2) is 0 Å². The Morgan fingerprint density at radius 2 is 2.00 bits per heavy atom. The van der Waals surface area contributed by atoms with E-state index in [-0.39, 0.29) is 11.7 Å². The number of benzene rings is 1. The molecule has 0 bridgehead atoms. The van der Waals surface area contributed by atoms with Gasteiger partial charge >= 0.3 is 0 Å². The van der Waals surface area contributed by atoms with E-state index < -0.39 is 0 Å². The van der Waals surface area contributed by atoms with Crippen LogP contribution in [0.4, 0.5) is 5.82 Å². The molecule has 1 heterocycles. The zero-order valence-electron chi connectivity index (χ0n) is 9.64. The lowest BCUT2D eigenvalue weighted by Crippen LogP contribution is -2.14. The van der Waals surface area contributed by atoms with E-state index >= 15 is 0 Å². The van der Waals surface area contributed by atoms with Crippen LogP contribution in [0.3, 0.4) is 0 Å². The molecule has 0 spiro atoms. The number of anilines is 1. The van der Waals surface area contributed by atoms with Crippen molar-refractivity contribution < 1.29 is 9.90 Å².